The summed E-state index contributed by atoms with van der Waals surface area (Å²) >= 11 is 0. The maximum Gasteiger partial charge on any atom is 0.316 e. The number of aliphatic hydroxyl groups excluding tert-OH is 1. The second-order valence-corrected chi connectivity index (χ2v) is 7.19. The fourth-order valence-corrected chi connectivity index (χ4v) is 3.41. The van der Waals surface area contributed by atoms with Crippen LogP contribution in [0.2, 0.25) is 0 Å². The predicted molar refractivity (Wildman–Crippen MR) is 119 cm³/mol. The van der Waals surface area contributed by atoms with Crippen LogP contribution in [0, 0.1) is 11.8 Å². The van der Waals surface area contributed by atoms with Crippen LogP contribution in [0.25, 0.3) is 0 Å². The molecule has 0 radical (unpaired) electrons. The van der Waals surface area contributed by atoms with Crippen molar-refractivity contribution in [3.8, 4) is 17.6 Å². The summed E-state index contributed by atoms with van der Waals surface area (Å²) in [5.74, 6) is 6.60. The fourth-order valence-electron chi connectivity index (χ4n) is 3.41. The summed E-state index contributed by atoms with van der Waals surface area (Å²) in [6.45, 7) is 6.23. The number of hydrogen-bond acceptors (Lipinski definition) is 5. The Bertz CT molecular complexity index is 879. The quantitative estimate of drug-likeness (QED) is 0.611. The lowest BCUT2D eigenvalue weighted by molar-refractivity contribution is 0.0663. The smallest absolute Gasteiger partial charge is 0.316 e. The molecule has 0 saturated carbocycles. The van der Waals surface area contributed by atoms with Crippen LogP contribution in [0.1, 0.15) is 12.5 Å². The van der Waals surface area contributed by atoms with E-state index in [9.17, 15) is 9.90 Å². The lowest BCUT2D eigenvalue weighted by atomic mass is 10.2. The van der Waals surface area contributed by atoms with Crippen LogP contribution >= 0.6 is 0 Å². The van der Waals surface area contributed by atoms with Crippen LogP contribution < -0.4 is 20.7 Å². The molecule has 3 rings (SSSR count). The van der Waals surface area contributed by atoms with E-state index < -0.39 is 12.1 Å². The van der Waals surface area contributed by atoms with E-state index in [1.165, 1.54) is 5.69 Å². The lowest BCUT2D eigenvalue weighted by Gasteiger charge is -2.36. The Hall–Kier alpha value is -3.21. The topological polar surface area (TPSA) is 91.1 Å². The summed E-state index contributed by atoms with van der Waals surface area (Å²) in [6, 6.07) is 14.6. The molecule has 0 bridgehead atoms. The molecule has 0 aliphatic carbocycles. The number of ether oxygens (including phenoxy) is 1. The van der Waals surface area contributed by atoms with E-state index in [4.69, 9.17) is 10.5 Å². The van der Waals surface area contributed by atoms with Crippen LogP contribution in [0.4, 0.5) is 16.2 Å². The van der Waals surface area contributed by atoms with Gasteiger partial charge in [0.2, 0.25) is 0 Å². The van der Waals surface area contributed by atoms with Crippen molar-refractivity contribution in [2.45, 2.75) is 13.0 Å². The number of benzene rings is 2. The molecule has 0 aromatic heterocycles. The molecule has 4 N–H and O–H groups in total. The Morgan fingerprint density at radius 2 is 1.80 bits per heavy atom. The summed E-state index contributed by atoms with van der Waals surface area (Å²) < 4.78 is 5.65. The average molecular weight is 409 g/mol. The van der Waals surface area contributed by atoms with Crippen molar-refractivity contribution in [2.24, 2.45) is 5.73 Å². The van der Waals surface area contributed by atoms with Crippen LogP contribution in [-0.2, 0) is 0 Å². The van der Waals surface area contributed by atoms with Gasteiger partial charge < -0.3 is 25.8 Å². The number of nitrogens with zero attached hydrogens (tertiary/aromatic N) is 2. The molecule has 1 atom stereocenters. The van der Waals surface area contributed by atoms with Gasteiger partial charge in [0.15, 0.2) is 0 Å². The number of anilines is 2. The second kappa shape index (κ2) is 10.5. The molecule has 0 spiro atoms. The highest BCUT2D eigenvalue weighted by atomic mass is 16.5. The Morgan fingerprint density at radius 3 is 2.40 bits per heavy atom. The van der Waals surface area contributed by atoms with Crippen molar-refractivity contribution in [1.82, 2.24) is 4.90 Å². The molecule has 1 unspecified atom stereocenters. The normalized spacial score (nSPS) is 15.1. The molecule has 2 aromatic carbocycles. The van der Waals surface area contributed by atoms with Gasteiger partial charge in [0.1, 0.15) is 18.5 Å². The molecule has 1 aliphatic heterocycles. The zero-order chi connectivity index (χ0) is 21.3. The van der Waals surface area contributed by atoms with Gasteiger partial charge in [-0.15, -0.1) is 5.92 Å². The molecule has 2 amide bonds. The molecule has 1 heterocycles. The third kappa shape index (κ3) is 6.41. The van der Waals surface area contributed by atoms with Gasteiger partial charge in [-0.05, 0) is 55.5 Å². The van der Waals surface area contributed by atoms with Gasteiger partial charge in [0, 0.05) is 49.7 Å². The molecule has 7 heteroatoms. The fraction of sp³-hybridized carbons (Fsp3) is 0.348. The maximum atomic E-state index is 10.8. The van der Waals surface area contributed by atoms with E-state index in [0.29, 0.717) is 18.0 Å². The number of primary amides is 1. The third-order valence-corrected chi connectivity index (χ3v) is 4.91. The van der Waals surface area contributed by atoms with Gasteiger partial charge in [-0.2, -0.15) is 0 Å². The lowest BCUT2D eigenvalue weighted by Crippen LogP contribution is -2.49. The van der Waals surface area contributed by atoms with Gasteiger partial charge in [-0.25, -0.2) is 4.79 Å². The molecule has 1 aliphatic rings. The zero-order valence-electron chi connectivity index (χ0n) is 17.2. The number of nitrogens with two attached hydrogens (primary N) is 1. The molecule has 30 heavy (non-hydrogen) atoms. The molecular formula is C23H28N4O3. The van der Waals surface area contributed by atoms with Crippen molar-refractivity contribution in [3.05, 3.63) is 54.1 Å². The van der Waals surface area contributed by atoms with Crippen LogP contribution in [-0.4, -0.2) is 61.5 Å². The Balaban J connectivity index is 1.39. The number of rotatable bonds is 7. The number of amides is 2. The van der Waals surface area contributed by atoms with Gasteiger partial charge in [0.25, 0.3) is 0 Å². The van der Waals surface area contributed by atoms with Crippen molar-refractivity contribution in [2.75, 3.05) is 49.5 Å². The standard InChI is InChI=1S/C23H28N4O3/c1-2-3-18-4-8-20(9-5-18)27-14-12-26(13-15-27)16-21(28)17-30-22-10-6-19(7-11-22)25-23(24)29/h4-11,21,28H,12-17H2,1H3,(H3,24,25,29). The first-order chi connectivity index (χ1) is 14.5. The Kier molecular flexibility index (Phi) is 7.55. The maximum absolute atomic E-state index is 10.8. The molecule has 1 fully saturated rings. The van der Waals surface area contributed by atoms with Gasteiger partial charge in [-0.3, -0.25) is 4.90 Å². The van der Waals surface area contributed by atoms with E-state index in [1.54, 1.807) is 24.3 Å². The van der Waals surface area contributed by atoms with Crippen LogP contribution in [0.5, 0.6) is 5.75 Å². The van der Waals surface area contributed by atoms with Crippen molar-refractivity contribution >= 4 is 17.4 Å². The van der Waals surface area contributed by atoms with Gasteiger partial charge in [0.05, 0.1) is 0 Å². The number of β-amino-alcohol motifs (C(OH)–C–C–N with tert-alkyl or cyclic N) is 1. The van der Waals surface area contributed by atoms with E-state index in [0.717, 1.165) is 31.7 Å². The summed E-state index contributed by atoms with van der Waals surface area (Å²) in [6.07, 6.45) is -0.577. The number of aliphatic hydroxyl groups is 1. The number of carbonyl (C=O) groups is 1. The highest BCUT2D eigenvalue weighted by molar-refractivity contribution is 5.87. The van der Waals surface area contributed by atoms with Crippen LogP contribution in [0.3, 0.4) is 0 Å². The number of hydrogen-bond donors (Lipinski definition) is 3. The Labute approximate surface area is 177 Å². The van der Waals surface area contributed by atoms with E-state index in [1.807, 2.05) is 6.92 Å². The minimum Gasteiger partial charge on any atom is -0.491 e. The van der Waals surface area contributed by atoms with Gasteiger partial charge in [-0.1, -0.05) is 5.92 Å². The van der Waals surface area contributed by atoms with Gasteiger partial charge >= 0.3 is 6.03 Å². The SMILES string of the molecule is CC#Cc1ccc(N2CCN(CC(O)COc3ccc(NC(N)=O)cc3)CC2)cc1. The molecule has 2 aromatic rings. The minimum atomic E-state index is -0.609. The summed E-state index contributed by atoms with van der Waals surface area (Å²) in [5.41, 5.74) is 7.91. The predicted octanol–water partition coefficient (Wildman–Crippen LogP) is 2.11. The molecular weight excluding hydrogens is 380 g/mol. The highest BCUT2D eigenvalue weighted by Gasteiger charge is 2.19. The molecule has 158 valence electrons. The summed E-state index contributed by atoms with van der Waals surface area (Å²) in [5, 5.41) is 12.8. The number of piperazine rings is 1. The van der Waals surface area contributed by atoms with Crippen molar-refractivity contribution < 1.29 is 14.6 Å². The first-order valence-corrected chi connectivity index (χ1v) is 10.0. The minimum absolute atomic E-state index is 0.211. The summed E-state index contributed by atoms with van der Waals surface area (Å²) in [4.78, 5) is 15.4. The highest BCUT2D eigenvalue weighted by Crippen LogP contribution is 2.18. The first-order valence-electron chi connectivity index (χ1n) is 10.0. The zero-order valence-corrected chi connectivity index (χ0v) is 17.2. The number of carbonyl (C=O) groups excluding carboxylic acids is 1. The van der Waals surface area contributed by atoms with Crippen LogP contribution in [0.15, 0.2) is 48.5 Å². The number of nitrogens with one attached hydrogen (secondary N) is 1. The van der Waals surface area contributed by atoms with Crippen molar-refractivity contribution in [1.29, 1.82) is 0 Å². The largest absolute Gasteiger partial charge is 0.491 e. The van der Waals surface area contributed by atoms with Crippen molar-refractivity contribution in [3.63, 3.8) is 0 Å². The summed E-state index contributed by atoms with van der Waals surface area (Å²) in [7, 11) is 0. The van der Waals surface area contributed by atoms with E-state index in [-0.39, 0.29) is 6.61 Å². The first kappa shape index (κ1) is 21.5. The number of urea groups is 1. The average Bonchev–Trinajstić information content (AvgIpc) is 2.74. The second-order valence-electron chi connectivity index (χ2n) is 7.19. The monoisotopic (exact) mass is 408 g/mol. The van der Waals surface area contributed by atoms with E-state index >= 15 is 0 Å². The molecule has 7 nitrogen and oxygen atoms in total. The molecule has 1 saturated heterocycles. The Morgan fingerprint density at radius 1 is 1.13 bits per heavy atom. The van der Waals surface area contributed by atoms with E-state index in [2.05, 4.69) is 51.2 Å². The third-order valence-electron chi connectivity index (χ3n) is 4.91.